The standard InChI is InChI=1S/C12H11ClN2O2S/c1-2-18(16,17)11-4-3-7-14-12(11)10-6-5-9(13)8-15-10/h3-8H,2H2,1H3. The van der Waals surface area contributed by atoms with Crippen LogP contribution in [0.5, 0.6) is 0 Å². The summed E-state index contributed by atoms with van der Waals surface area (Å²) in [5.74, 6) is 0.0271. The van der Waals surface area contributed by atoms with Crippen LogP contribution in [0.4, 0.5) is 0 Å². The van der Waals surface area contributed by atoms with E-state index in [0.717, 1.165) is 0 Å². The van der Waals surface area contributed by atoms with E-state index in [1.165, 1.54) is 12.3 Å². The second-order valence-electron chi connectivity index (χ2n) is 3.62. The van der Waals surface area contributed by atoms with Crippen LogP contribution in [-0.2, 0) is 9.84 Å². The molecule has 0 saturated carbocycles. The molecule has 0 amide bonds. The minimum absolute atomic E-state index is 0.0271. The van der Waals surface area contributed by atoms with E-state index in [1.807, 2.05) is 0 Å². The summed E-state index contributed by atoms with van der Waals surface area (Å²) in [6, 6.07) is 6.44. The van der Waals surface area contributed by atoms with Crippen LogP contribution in [0.15, 0.2) is 41.6 Å². The third-order valence-electron chi connectivity index (χ3n) is 2.46. The molecule has 4 nitrogen and oxygen atoms in total. The van der Waals surface area contributed by atoms with E-state index < -0.39 is 9.84 Å². The third-order valence-corrected chi connectivity index (χ3v) is 4.44. The van der Waals surface area contributed by atoms with E-state index >= 15 is 0 Å². The maximum atomic E-state index is 12.0. The molecule has 0 aliphatic rings. The van der Waals surface area contributed by atoms with E-state index in [0.29, 0.717) is 16.4 Å². The van der Waals surface area contributed by atoms with E-state index in [2.05, 4.69) is 9.97 Å². The molecule has 0 unspecified atom stereocenters. The zero-order chi connectivity index (χ0) is 13.2. The Morgan fingerprint density at radius 1 is 1.22 bits per heavy atom. The van der Waals surface area contributed by atoms with E-state index in [-0.39, 0.29) is 10.6 Å². The van der Waals surface area contributed by atoms with Gasteiger partial charge in [-0.05, 0) is 24.3 Å². The van der Waals surface area contributed by atoms with Gasteiger partial charge in [0.2, 0.25) is 0 Å². The highest BCUT2D eigenvalue weighted by molar-refractivity contribution is 7.91. The van der Waals surface area contributed by atoms with Crippen LogP contribution in [0.2, 0.25) is 5.02 Å². The summed E-state index contributed by atoms with van der Waals surface area (Å²) in [5.41, 5.74) is 0.850. The first-order valence-electron chi connectivity index (χ1n) is 5.34. The number of nitrogens with zero attached hydrogens (tertiary/aromatic N) is 2. The Bertz CT molecular complexity index is 654. The summed E-state index contributed by atoms with van der Waals surface area (Å²) in [4.78, 5) is 8.40. The summed E-state index contributed by atoms with van der Waals surface area (Å²) >= 11 is 5.75. The van der Waals surface area contributed by atoms with Gasteiger partial charge in [0.25, 0.3) is 0 Å². The summed E-state index contributed by atoms with van der Waals surface area (Å²) < 4.78 is 23.9. The molecule has 18 heavy (non-hydrogen) atoms. The van der Waals surface area contributed by atoms with E-state index in [4.69, 9.17) is 11.6 Å². The van der Waals surface area contributed by atoms with Crippen LogP contribution in [-0.4, -0.2) is 24.1 Å². The number of aromatic nitrogens is 2. The highest BCUT2D eigenvalue weighted by Gasteiger charge is 2.18. The number of halogens is 1. The van der Waals surface area contributed by atoms with Crippen molar-refractivity contribution >= 4 is 21.4 Å². The van der Waals surface area contributed by atoms with E-state index in [1.54, 1.807) is 31.3 Å². The molecular weight excluding hydrogens is 272 g/mol. The fourth-order valence-electron chi connectivity index (χ4n) is 1.51. The average molecular weight is 283 g/mol. The van der Waals surface area contributed by atoms with Crippen molar-refractivity contribution in [2.45, 2.75) is 11.8 Å². The van der Waals surface area contributed by atoms with Gasteiger partial charge >= 0.3 is 0 Å². The lowest BCUT2D eigenvalue weighted by Crippen LogP contribution is -2.07. The molecule has 0 N–H and O–H groups in total. The minimum atomic E-state index is -3.32. The first-order valence-corrected chi connectivity index (χ1v) is 7.37. The molecule has 6 heteroatoms. The lowest BCUT2D eigenvalue weighted by atomic mass is 10.2. The smallest absolute Gasteiger partial charge is 0.180 e. The van der Waals surface area contributed by atoms with Crippen LogP contribution in [0.1, 0.15) is 6.92 Å². The van der Waals surface area contributed by atoms with Crippen molar-refractivity contribution in [1.29, 1.82) is 0 Å². The largest absolute Gasteiger partial charge is 0.253 e. The predicted octanol–water partition coefficient (Wildman–Crippen LogP) is 2.59. The number of hydrogen-bond acceptors (Lipinski definition) is 4. The molecule has 2 aromatic heterocycles. The number of pyridine rings is 2. The molecule has 2 heterocycles. The van der Waals surface area contributed by atoms with Gasteiger partial charge in [0.05, 0.1) is 21.4 Å². The highest BCUT2D eigenvalue weighted by Crippen LogP contribution is 2.24. The SMILES string of the molecule is CCS(=O)(=O)c1cccnc1-c1ccc(Cl)cn1. The summed E-state index contributed by atoms with van der Waals surface area (Å²) in [6.45, 7) is 1.60. The Kier molecular flexibility index (Phi) is 3.63. The van der Waals surface area contributed by atoms with Crippen molar-refractivity contribution < 1.29 is 8.42 Å². The molecule has 0 atom stereocenters. The van der Waals surface area contributed by atoms with Crippen LogP contribution in [0.25, 0.3) is 11.4 Å². The lowest BCUT2D eigenvalue weighted by Gasteiger charge is -2.07. The van der Waals surface area contributed by atoms with Gasteiger partial charge in [-0.2, -0.15) is 0 Å². The lowest BCUT2D eigenvalue weighted by molar-refractivity contribution is 0.597. The van der Waals surface area contributed by atoms with Crippen LogP contribution < -0.4 is 0 Å². The van der Waals surface area contributed by atoms with Crippen molar-refractivity contribution in [2.24, 2.45) is 0 Å². The maximum Gasteiger partial charge on any atom is 0.180 e. The van der Waals surface area contributed by atoms with Gasteiger partial charge in [0.1, 0.15) is 5.69 Å². The maximum absolute atomic E-state index is 12.0. The highest BCUT2D eigenvalue weighted by atomic mass is 35.5. The molecule has 0 radical (unpaired) electrons. The summed E-state index contributed by atoms with van der Waals surface area (Å²) in [6.07, 6.45) is 3.01. The van der Waals surface area contributed by atoms with Gasteiger partial charge in [-0.1, -0.05) is 18.5 Å². The third kappa shape index (κ3) is 2.52. The van der Waals surface area contributed by atoms with E-state index in [9.17, 15) is 8.42 Å². The van der Waals surface area contributed by atoms with Crippen molar-refractivity contribution in [3.8, 4) is 11.4 Å². The van der Waals surface area contributed by atoms with Gasteiger partial charge in [-0.15, -0.1) is 0 Å². The molecule has 94 valence electrons. The van der Waals surface area contributed by atoms with Gasteiger partial charge in [-0.3, -0.25) is 9.97 Å². The van der Waals surface area contributed by atoms with Crippen molar-refractivity contribution in [3.05, 3.63) is 41.7 Å². The molecule has 0 aromatic carbocycles. The molecule has 0 bridgehead atoms. The second kappa shape index (κ2) is 5.04. The summed E-state index contributed by atoms with van der Waals surface area (Å²) in [7, 11) is -3.32. The quantitative estimate of drug-likeness (QED) is 0.868. The van der Waals surface area contributed by atoms with Crippen molar-refractivity contribution in [2.75, 3.05) is 5.75 Å². The van der Waals surface area contributed by atoms with Gasteiger partial charge in [-0.25, -0.2) is 8.42 Å². The Morgan fingerprint density at radius 2 is 2.00 bits per heavy atom. The van der Waals surface area contributed by atoms with Crippen molar-refractivity contribution in [1.82, 2.24) is 9.97 Å². The Morgan fingerprint density at radius 3 is 2.61 bits per heavy atom. The normalized spacial score (nSPS) is 11.4. The average Bonchev–Trinajstić information content (AvgIpc) is 2.40. The topological polar surface area (TPSA) is 59.9 Å². The fourth-order valence-corrected chi connectivity index (χ4v) is 2.67. The molecular formula is C12H11ClN2O2S. The van der Waals surface area contributed by atoms with Gasteiger partial charge in [0.15, 0.2) is 9.84 Å². The zero-order valence-corrected chi connectivity index (χ0v) is 11.2. The number of sulfone groups is 1. The molecule has 0 aliphatic heterocycles. The number of hydrogen-bond donors (Lipinski definition) is 0. The molecule has 0 fully saturated rings. The number of rotatable bonds is 3. The van der Waals surface area contributed by atoms with Crippen LogP contribution in [0, 0.1) is 0 Å². The Balaban J connectivity index is 2.62. The first-order chi connectivity index (χ1) is 8.54. The zero-order valence-electron chi connectivity index (χ0n) is 9.67. The predicted molar refractivity (Wildman–Crippen MR) is 70.2 cm³/mol. The van der Waals surface area contributed by atoms with Gasteiger partial charge in [0, 0.05) is 12.4 Å². The fraction of sp³-hybridized carbons (Fsp3) is 0.167. The molecule has 2 rings (SSSR count). The second-order valence-corrected chi connectivity index (χ2v) is 6.30. The molecule has 0 saturated heterocycles. The summed E-state index contributed by atoms with van der Waals surface area (Å²) in [5, 5.41) is 0.495. The molecule has 0 spiro atoms. The van der Waals surface area contributed by atoms with Crippen molar-refractivity contribution in [3.63, 3.8) is 0 Å². The minimum Gasteiger partial charge on any atom is -0.253 e. The molecule has 0 aliphatic carbocycles. The van der Waals surface area contributed by atoms with Gasteiger partial charge < -0.3 is 0 Å². The van der Waals surface area contributed by atoms with Crippen LogP contribution in [0.3, 0.4) is 0 Å². The Hall–Kier alpha value is -1.46. The molecule has 2 aromatic rings. The van der Waals surface area contributed by atoms with Crippen LogP contribution >= 0.6 is 11.6 Å². The Labute approximate surface area is 111 Å². The monoisotopic (exact) mass is 282 g/mol. The first kappa shape index (κ1) is 13.0.